The molecule has 1 heterocycles. The lowest BCUT2D eigenvalue weighted by Crippen LogP contribution is -2.34. The van der Waals surface area contributed by atoms with Crippen molar-refractivity contribution < 1.29 is 4.42 Å². The summed E-state index contributed by atoms with van der Waals surface area (Å²) in [6, 6.07) is 2.97. The molecule has 2 fully saturated rings. The molecule has 2 saturated carbocycles. The third-order valence-corrected chi connectivity index (χ3v) is 3.63. The van der Waals surface area contributed by atoms with Gasteiger partial charge in [0.2, 0.25) is 0 Å². The van der Waals surface area contributed by atoms with Crippen LogP contribution in [0, 0.1) is 5.92 Å². The van der Waals surface area contributed by atoms with Crippen LogP contribution < -0.4 is 5.32 Å². The van der Waals surface area contributed by atoms with Gasteiger partial charge in [-0.3, -0.25) is 0 Å². The monoisotopic (exact) mass is 191 g/mol. The molecule has 0 aliphatic heterocycles. The van der Waals surface area contributed by atoms with E-state index in [1.165, 1.54) is 37.8 Å². The highest BCUT2D eigenvalue weighted by atomic mass is 16.3. The van der Waals surface area contributed by atoms with Crippen LogP contribution in [0.25, 0.3) is 0 Å². The smallest absolute Gasteiger partial charge is 0.0937 e. The molecule has 1 aromatic heterocycles. The van der Waals surface area contributed by atoms with E-state index in [0.717, 1.165) is 17.9 Å². The quantitative estimate of drug-likeness (QED) is 0.791. The van der Waals surface area contributed by atoms with Crippen molar-refractivity contribution >= 4 is 0 Å². The van der Waals surface area contributed by atoms with E-state index in [2.05, 4.69) is 11.4 Å². The van der Waals surface area contributed by atoms with Gasteiger partial charge in [0.05, 0.1) is 12.5 Å². The van der Waals surface area contributed by atoms with Gasteiger partial charge in [-0.25, -0.2) is 0 Å². The molecular formula is C12H17NO. The standard InChI is InChI=1S/C12H17NO/c1-4-12(10-5-6-14-8-10)9(1)7-13-11-2-3-11/h5-6,8-9,11-13H,1-4,7H2. The first-order valence-electron chi connectivity index (χ1n) is 5.69. The molecule has 0 aromatic carbocycles. The molecule has 76 valence electrons. The molecule has 2 aliphatic rings. The maximum absolute atomic E-state index is 5.14. The molecule has 2 atom stereocenters. The summed E-state index contributed by atoms with van der Waals surface area (Å²) in [6.07, 6.45) is 9.21. The van der Waals surface area contributed by atoms with Gasteiger partial charge in [-0.2, -0.15) is 0 Å². The number of furan rings is 1. The summed E-state index contributed by atoms with van der Waals surface area (Å²) in [4.78, 5) is 0. The van der Waals surface area contributed by atoms with Crippen molar-refractivity contribution in [2.75, 3.05) is 6.54 Å². The summed E-state index contributed by atoms with van der Waals surface area (Å²) in [5.74, 6) is 1.62. The van der Waals surface area contributed by atoms with Crippen LogP contribution in [0.2, 0.25) is 0 Å². The lowest BCUT2D eigenvalue weighted by atomic mass is 9.70. The topological polar surface area (TPSA) is 25.2 Å². The van der Waals surface area contributed by atoms with Crippen molar-refractivity contribution in [2.45, 2.75) is 37.6 Å². The van der Waals surface area contributed by atoms with E-state index in [1.807, 2.05) is 6.26 Å². The van der Waals surface area contributed by atoms with E-state index in [0.29, 0.717) is 0 Å². The molecule has 14 heavy (non-hydrogen) atoms. The minimum atomic E-state index is 0.764. The zero-order chi connectivity index (χ0) is 9.38. The van der Waals surface area contributed by atoms with Crippen LogP contribution in [0.4, 0.5) is 0 Å². The maximum atomic E-state index is 5.14. The van der Waals surface area contributed by atoms with E-state index < -0.39 is 0 Å². The van der Waals surface area contributed by atoms with Crippen molar-refractivity contribution in [1.82, 2.24) is 5.32 Å². The second-order valence-corrected chi connectivity index (χ2v) is 4.68. The third-order valence-electron chi connectivity index (χ3n) is 3.63. The zero-order valence-corrected chi connectivity index (χ0v) is 8.41. The summed E-state index contributed by atoms with van der Waals surface area (Å²) < 4.78 is 5.14. The molecule has 2 nitrogen and oxygen atoms in total. The van der Waals surface area contributed by atoms with Crippen molar-refractivity contribution in [1.29, 1.82) is 0 Å². The van der Waals surface area contributed by atoms with Crippen molar-refractivity contribution in [3.8, 4) is 0 Å². The number of hydrogen-bond acceptors (Lipinski definition) is 2. The van der Waals surface area contributed by atoms with Gasteiger partial charge in [-0.05, 0) is 55.7 Å². The number of rotatable bonds is 4. The Bertz CT molecular complexity index is 289. The predicted molar refractivity (Wildman–Crippen MR) is 55.2 cm³/mol. The molecular weight excluding hydrogens is 174 g/mol. The van der Waals surface area contributed by atoms with Crippen LogP contribution in [0.3, 0.4) is 0 Å². The average molecular weight is 191 g/mol. The second-order valence-electron chi connectivity index (χ2n) is 4.68. The highest BCUT2D eigenvalue weighted by molar-refractivity contribution is 5.17. The Kier molecular flexibility index (Phi) is 2.09. The van der Waals surface area contributed by atoms with E-state index >= 15 is 0 Å². The minimum absolute atomic E-state index is 0.764. The van der Waals surface area contributed by atoms with Gasteiger partial charge in [0.15, 0.2) is 0 Å². The van der Waals surface area contributed by atoms with E-state index in [4.69, 9.17) is 4.42 Å². The summed E-state index contributed by atoms with van der Waals surface area (Å²) in [5, 5.41) is 3.62. The van der Waals surface area contributed by atoms with E-state index in [9.17, 15) is 0 Å². The lowest BCUT2D eigenvalue weighted by molar-refractivity contribution is 0.244. The average Bonchev–Trinajstić information content (AvgIpc) is 2.81. The van der Waals surface area contributed by atoms with Gasteiger partial charge in [-0.1, -0.05) is 0 Å². The fraction of sp³-hybridized carbons (Fsp3) is 0.667. The van der Waals surface area contributed by atoms with Gasteiger partial charge >= 0.3 is 0 Å². The highest BCUT2D eigenvalue weighted by Gasteiger charge is 2.33. The fourth-order valence-electron chi connectivity index (χ4n) is 2.34. The largest absolute Gasteiger partial charge is 0.472 e. The van der Waals surface area contributed by atoms with Crippen LogP contribution >= 0.6 is 0 Å². The Hall–Kier alpha value is -0.760. The van der Waals surface area contributed by atoms with Gasteiger partial charge in [0.25, 0.3) is 0 Å². The zero-order valence-electron chi connectivity index (χ0n) is 8.41. The van der Waals surface area contributed by atoms with Gasteiger partial charge in [0.1, 0.15) is 0 Å². The molecule has 2 heteroatoms. The second kappa shape index (κ2) is 3.43. The molecule has 0 spiro atoms. The van der Waals surface area contributed by atoms with Crippen molar-refractivity contribution in [3.05, 3.63) is 24.2 Å². The van der Waals surface area contributed by atoms with Crippen molar-refractivity contribution in [3.63, 3.8) is 0 Å². The lowest BCUT2D eigenvalue weighted by Gasteiger charge is -2.36. The molecule has 2 aliphatic carbocycles. The van der Waals surface area contributed by atoms with Gasteiger partial charge in [-0.15, -0.1) is 0 Å². The number of hydrogen-bond donors (Lipinski definition) is 1. The normalized spacial score (nSPS) is 31.4. The fourth-order valence-corrected chi connectivity index (χ4v) is 2.34. The van der Waals surface area contributed by atoms with Crippen molar-refractivity contribution in [2.24, 2.45) is 5.92 Å². The third kappa shape index (κ3) is 1.59. The molecule has 0 saturated heterocycles. The van der Waals surface area contributed by atoms with E-state index in [1.54, 1.807) is 6.26 Å². The summed E-state index contributed by atoms with van der Waals surface area (Å²) in [6.45, 7) is 1.21. The molecule has 0 amide bonds. The van der Waals surface area contributed by atoms with Crippen LogP contribution in [0.15, 0.2) is 23.0 Å². The van der Waals surface area contributed by atoms with Crippen LogP contribution in [0.1, 0.15) is 37.2 Å². The van der Waals surface area contributed by atoms with Gasteiger partial charge < -0.3 is 9.73 Å². The molecule has 0 bridgehead atoms. The van der Waals surface area contributed by atoms with E-state index in [-0.39, 0.29) is 0 Å². The predicted octanol–water partition coefficient (Wildman–Crippen LogP) is 2.53. The Balaban J connectivity index is 1.54. The van der Waals surface area contributed by atoms with Crippen LogP contribution in [-0.4, -0.2) is 12.6 Å². The molecule has 2 unspecified atom stereocenters. The highest BCUT2D eigenvalue weighted by Crippen LogP contribution is 2.42. The first-order valence-corrected chi connectivity index (χ1v) is 5.69. The maximum Gasteiger partial charge on any atom is 0.0937 e. The number of nitrogens with one attached hydrogen (secondary N) is 1. The molecule has 1 aromatic rings. The molecule has 0 radical (unpaired) electrons. The summed E-state index contributed by atoms with van der Waals surface area (Å²) in [5.41, 5.74) is 1.40. The Labute approximate surface area is 84.7 Å². The Morgan fingerprint density at radius 3 is 2.79 bits per heavy atom. The summed E-state index contributed by atoms with van der Waals surface area (Å²) in [7, 11) is 0. The van der Waals surface area contributed by atoms with Crippen LogP contribution in [-0.2, 0) is 0 Å². The minimum Gasteiger partial charge on any atom is -0.472 e. The Morgan fingerprint density at radius 2 is 2.21 bits per heavy atom. The Morgan fingerprint density at radius 1 is 1.29 bits per heavy atom. The van der Waals surface area contributed by atoms with Crippen LogP contribution in [0.5, 0.6) is 0 Å². The SMILES string of the molecule is c1cc(C2CCC2CNC2CC2)co1. The molecule has 1 N–H and O–H groups in total. The molecule has 3 rings (SSSR count). The first-order chi connectivity index (χ1) is 6.93. The van der Waals surface area contributed by atoms with Gasteiger partial charge in [0, 0.05) is 6.04 Å². The summed E-state index contributed by atoms with van der Waals surface area (Å²) >= 11 is 0. The first kappa shape index (κ1) is 8.54.